The summed E-state index contributed by atoms with van der Waals surface area (Å²) >= 11 is 6.47. The lowest BCUT2D eigenvalue weighted by Crippen LogP contribution is -2.33. The predicted molar refractivity (Wildman–Crippen MR) is 127 cm³/mol. The van der Waals surface area contributed by atoms with Crippen molar-refractivity contribution in [2.75, 3.05) is 16.4 Å². The molecule has 31 heavy (non-hydrogen) atoms. The molecule has 3 aromatic rings. The van der Waals surface area contributed by atoms with E-state index in [1.807, 2.05) is 30.3 Å². The average molecular weight is 440 g/mol. The summed E-state index contributed by atoms with van der Waals surface area (Å²) in [6.07, 6.45) is 5.80. The number of nitrogen functional groups attached to an aromatic ring is 1. The van der Waals surface area contributed by atoms with Crippen molar-refractivity contribution in [3.05, 3.63) is 71.1 Å². The smallest absolute Gasteiger partial charge is 0.126 e. The molecule has 6 N–H and O–H groups in total. The van der Waals surface area contributed by atoms with E-state index in [9.17, 15) is 4.39 Å². The molecule has 1 aliphatic carbocycles. The third kappa shape index (κ3) is 5.46. The van der Waals surface area contributed by atoms with Gasteiger partial charge in [-0.1, -0.05) is 29.8 Å². The number of anilines is 3. The van der Waals surface area contributed by atoms with Crippen molar-refractivity contribution >= 4 is 28.8 Å². The number of nitrogens with two attached hydrogens (primary N) is 2. The summed E-state index contributed by atoms with van der Waals surface area (Å²) in [6, 6.07) is 14.9. The molecule has 1 aromatic heterocycles. The maximum absolute atomic E-state index is 13.4. The Morgan fingerprint density at radius 1 is 1.06 bits per heavy atom. The molecule has 0 spiro atoms. The van der Waals surface area contributed by atoms with E-state index in [1.54, 1.807) is 12.3 Å². The molecule has 5 nitrogen and oxygen atoms in total. The Morgan fingerprint density at radius 3 is 2.65 bits per heavy atom. The highest BCUT2D eigenvalue weighted by atomic mass is 35.5. The Balaban J connectivity index is 1.52. The minimum Gasteiger partial charge on any atom is -0.397 e. The van der Waals surface area contributed by atoms with Crippen LogP contribution in [0.5, 0.6) is 0 Å². The highest BCUT2D eigenvalue weighted by Gasteiger charge is 2.19. The first-order chi connectivity index (χ1) is 15.0. The average Bonchev–Trinajstić information content (AvgIpc) is 2.76. The molecule has 1 saturated carbocycles. The summed E-state index contributed by atoms with van der Waals surface area (Å²) in [4.78, 5) is 4.45. The quantitative estimate of drug-likeness (QED) is 0.385. The Kier molecular flexibility index (Phi) is 6.59. The van der Waals surface area contributed by atoms with E-state index < -0.39 is 0 Å². The first-order valence-electron chi connectivity index (χ1n) is 10.5. The molecule has 0 radical (unpaired) electrons. The molecule has 1 aliphatic rings. The molecule has 1 fully saturated rings. The lowest BCUT2D eigenvalue weighted by molar-refractivity contribution is 0.410. The number of nitrogens with one attached hydrogen (secondary N) is 2. The van der Waals surface area contributed by atoms with Gasteiger partial charge < -0.3 is 22.1 Å². The summed E-state index contributed by atoms with van der Waals surface area (Å²) in [5, 5.41) is 7.37. The lowest BCUT2D eigenvalue weighted by atomic mass is 9.92. The van der Waals surface area contributed by atoms with Crippen molar-refractivity contribution in [1.29, 1.82) is 0 Å². The fraction of sp³-hybridized carbons (Fsp3) is 0.292. The van der Waals surface area contributed by atoms with Crippen molar-refractivity contribution < 1.29 is 4.39 Å². The Hall–Kier alpha value is -2.83. The van der Waals surface area contributed by atoms with Gasteiger partial charge in [0.25, 0.3) is 0 Å². The Bertz CT molecular complexity index is 1050. The standard InChI is InChI=1S/C24H27ClFN5/c25-21-14-30-24(31-19-7-5-18(27)6-8-19)12-20(21)16-4-9-22(28)23(11-16)29-13-15-2-1-3-17(26)10-15/h1-4,9-12,14,18-19,29H,5-8,13,27-28H2,(H,30,31)/t18-,19-. The van der Waals surface area contributed by atoms with Crippen molar-refractivity contribution in [3.63, 3.8) is 0 Å². The topological polar surface area (TPSA) is 89.0 Å². The molecule has 0 bridgehead atoms. The largest absolute Gasteiger partial charge is 0.397 e. The van der Waals surface area contributed by atoms with Crippen molar-refractivity contribution in [1.82, 2.24) is 4.98 Å². The van der Waals surface area contributed by atoms with E-state index in [0.29, 0.717) is 29.3 Å². The molecule has 162 valence electrons. The first kappa shape index (κ1) is 21.4. The highest BCUT2D eigenvalue weighted by Crippen LogP contribution is 2.34. The maximum atomic E-state index is 13.4. The van der Waals surface area contributed by atoms with Gasteiger partial charge in [-0.15, -0.1) is 0 Å². The van der Waals surface area contributed by atoms with Crippen LogP contribution >= 0.6 is 11.6 Å². The van der Waals surface area contributed by atoms with Crippen LogP contribution in [0.25, 0.3) is 11.1 Å². The SMILES string of the molecule is Nc1ccc(-c2cc(N[C@H]3CC[C@H](N)CC3)ncc2Cl)cc1NCc1cccc(F)c1. The predicted octanol–water partition coefficient (Wildman–Crippen LogP) is 5.42. The number of aromatic nitrogens is 1. The Morgan fingerprint density at radius 2 is 1.87 bits per heavy atom. The van der Waals surface area contributed by atoms with Gasteiger partial charge in [0.1, 0.15) is 11.6 Å². The van der Waals surface area contributed by atoms with Gasteiger partial charge in [-0.05, 0) is 67.1 Å². The molecule has 0 amide bonds. The minimum absolute atomic E-state index is 0.260. The van der Waals surface area contributed by atoms with Crippen molar-refractivity contribution in [3.8, 4) is 11.1 Å². The van der Waals surface area contributed by atoms with Crippen LogP contribution in [-0.4, -0.2) is 17.1 Å². The number of benzene rings is 2. The third-order valence-corrected chi connectivity index (χ3v) is 6.02. The van der Waals surface area contributed by atoms with E-state index in [2.05, 4.69) is 15.6 Å². The molecule has 7 heteroatoms. The molecule has 0 unspecified atom stereocenters. The number of hydrogen-bond donors (Lipinski definition) is 4. The molecule has 0 aliphatic heterocycles. The lowest BCUT2D eigenvalue weighted by Gasteiger charge is -2.27. The van der Waals surface area contributed by atoms with Gasteiger partial charge in [0.2, 0.25) is 0 Å². The van der Waals surface area contributed by atoms with Crippen LogP contribution in [-0.2, 0) is 6.54 Å². The fourth-order valence-corrected chi connectivity index (χ4v) is 4.15. The van der Waals surface area contributed by atoms with E-state index >= 15 is 0 Å². The van der Waals surface area contributed by atoms with Gasteiger partial charge in [0, 0.05) is 30.4 Å². The van der Waals surface area contributed by atoms with Crippen molar-refractivity contribution in [2.45, 2.75) is 44.3 Å². The summed E-state index contributed by atoms with van der Waals surface area (Å²) in [7, 11) is 0. The molecule has 0 atom stereocenters. The first-order valence-corrected chi connectivity index (χ1v) is 10.9. The zero-order valence-electron chi connectivity index (χ0n) is 17.2. The van der Waals surface area contributed by atoms with Crippen LogP contribution in [0.15, 0.2) is 54.7 Å². The molecule has 1 heterocycles. The van der Waals surface area contributed by atoms with E-state index in [0.717, 1.165) is 53.9 Å². The summed E-state index contributed by atoms with van der Waals surface area (Å²) in [5.41, 5.74) is 16.2. The number of rotatable bonds is 6. The van der Waals surface area contributed by atoms with Crippen LogP contribution in [0.2, 0.25) is 5.02 Å². The second-order valence-corrected chi connectivity index (χ2v) is 8.50. The molecule has 4 rings (SSSR count). The normalized spacial score (nSPS) is 18.5. The second-order valence-electron chi connectivity index (χ2n) is 8.09. The zero-order valence-corrected chi connectivity index (χ0v) is 18.0. The van der Waals surface area contributed by atoms with Crippen LogP contribution in [0, 0.1) is 5.82 Å². The fourth-order valence-electron chi connectivity index (χ4n) is 3.93. The van der Waals surface area contributed by atoms with E-state index in [-0.39, 0.29) is 5.82 Å². The van der Waals surface area contributed by atoms with Gasteiger partial charge >= 0.3 is 0 Å². The number of hydrogen-bond acceptors (Lipinski definition) is 5. The van der Waals surface area contributed by atoms with Crippen molar-refractivity contribution in [2.24, 2.45) is 5.73 Å². The van der Waals surface area contributed by atoms with E-state index in [1.165, 1.54) is 12.1 Å². The van der Waals surface area contributed by atoms with Crippen LogP contribution in [0.3, 0.4) is 0 Å². The second kappa shape index (κ2) is 9.54. The maximum Gasteiger partial charge on any atom is 0.126 e. The summed E-state index contributed by atoms with van der Waals surface area (Å²) in [6.45, 7) is 0.464. The monoisotopic (exact) mass is 439 g/mol. The number of halogens is 2. The number of pyridine rings is 1. The molecule has 0 saturated heterocycles. The molecule has 2 aromatic carbocycles. The minimum atomic E-state index is -0.260. The van der Waals surface area contributed by atoms with Gasteiger partial charge in [-0.2, -0.15) is 0 Å². The van der Waals surface area contributed by atoms with E-state index in [4.69, 9.17) is 23.1 Å². The van der Waals surface area contributed by atoms with Gasteiger partial charge in [0.05, 0.1) is 16.4 Å². The van der Waals surface area contributed by atoms with Crippen LogP contribution < -0.4 is 22.1 Å². The third-order valence-electron chi connectivity index (χ3n) is 5.72. The van der Waals surface area contributed by atoms with Gasteiger partial charge in [-0.25, -0.2) is 9.37 Å². The molecular weight excluding hydrogens is 413 g/mol. The summed E-state index contributed by atoms with van der Waals surface area (Å²) < 4.78 is 13.4. The Labute approximate surface area is 187 Å². The number of nitrogens with zero attached hydrogens (tertiary/aromatic N) is 1. The van der Waals surface area contributed by atoms with Gasteiger partial charge in [0.15, 0.2) is 0 Å². The van der Waals surface area contributed by atoms with Gasteiger partial charge in [-0.3, -0.25) is 0 Å². The van der Waals surface area contributed by atoms with Crippen LogP contribution in [0.4, 0.5) is 21.6 Å². The molecular formula is C24H27ClFN5. The van der Waals surface area contributed by atoms with Crippen LogP contribution in [0.1, 0.15) is 31.2 Å². The highest BCUT2D eigenvalue weighted by molar-refractivity contribution is 6.33. The zero-order chi connectivity index (χ0) is 21.8. The summed E-state index contributed by atoms with van der Waals surface area (Å²) in [5.74, 6) is 0.538.